The van der Waals surface area contributed by atoms with Crippen molar-refractivity contribution in [2.24, 2.45) is 4.99 Å². The highest BCUT2D eigenvalue weighted by molar-refractivity contribution is 6.16. The fourth-order valence-corrected chi connectivity index (χ4v) is 7.41. The first-order valence-corrected chi connectivity index (χ1v) is 12.9. The summed E-state index contributed by atoms with van der Waals surface area (Å²) in [5.74, 6) is 0.232. The number of aliphatic imine (C=N–C) groups is 1. The zero-order chi connectivity index (χ0) is 23.9. The minimum Gasteiger partial charge on any atom is -0.507 e. The average Bonchev–Trinajstić information content (AvgIpc) is 3.45. The number of hydrogen-bond acceptors (Lipinski definition) is 4. The SMILES string of the molecule is CC12CCC/C(=C3\CC(=O)C(C4=C5Nc6ccccc6C5(C)CCC4)=C3O)C1=Nc1ccccc12. The van der Waals surface area contributed by atoms with Gasteiger partial charge in [-0.25, -0.2) is 0 Å². The number of nitrogens with one attached hydrogen (secondary N) is 1. The van der Waals surface area contributed by atoms with E-state index in [1.54, 1.807) is 0 Å². The van der Waals surface area contributed by atoms with Gasteiger partial charge in [0.1, 0.15) is 5.76 Å². The second-order valence-electron chi connectivity index (χ2n) is 11.2. The molecule has 0 aromatic heterocycles. The van der Waals surface area contributed by atoms with E-state index in [9.17, 15) is 9.90 Å². The van der Waals surface area contributed by atoms with Crippen LogP contribution in [0.5, 0.6) is 0 Å². The number of rotatable bonds is 1. The molecule has 0 radical (unpaired) electrons. The van der Waals surface area contributed by atoms with Gasteiger partial charge in [-0.3, -0.25) is 9.79 Å². The lowest BCUT2D eigenvalue weighted by Crippen LogP contribution is -2.35. The Labute approximate surface area is 206 Å². The number of aliphatic hydroxyl groups is 1. The van der Waals surface area contributed by atoms with E-state index in [-0.39, 0.29) is 28.8 Å². The predicted molar refractivity (Wildman–Crippen MR) is 139 cm³/mol. The third-order valence-electron chi connectivity index (χ3n) is 9.19. The van der Waals surface area contributed by atoms with Gasteiger partial charge in [-0.2, -0.15) is 0 Å². The van der Waals surface area contributed by atoms with Crippen LogP contribution in [0.1, 0.15) is 69.9 Å². The number of Topliss-reactive ketones (excluding diaryl/α,β-unsaturated/α-hetero) is 1. The van der Waals surface area contributed by atoms with Gasteiger partial charge in [0, 0.05) is 34.2 Å². The van der Waals surface area contributed by atoms with Gasteiger partial charge in [0.05, 0.1) is 17.0 Å². The molecule has 0 spiro atoms. The van der Waals surface area contributed by atoms with Crippen molar-refractivity contribution in [3.63, 3.8) is 0 Å². The highest BCUT2D eigenvalue weighted by atomic mass is 16.3. The van der Waals surface area contributed by atoms with E-state index in [1.165, 1.54) is 11.1 Å². The summed E-state index contributed by atoms with van der Waals surface area (Å²) >= 11 is 0. The molecule has 176 valence electrons. The predicted octanol–water partition coefficient (Wildman–Crippen LogP) is 7.12. The number of para-hydroxylation sites is 2. The summed E-state index contributed by atoms with van der Waals surface area (Å²) in [6.07, 6.45) is 6.05. The molecule has 2 unspecified atom stereocenters. The van der Waals surface area contributed by atoms with Gasteiger partial charge < -0.3 is 10.4 Å². The van der Waals surface area contributed by atoms with Crippen LogP contribution < -0.4 is 5.32 Å². The number of allylic oxidation sites excluding steroid dienone is 5. The van der Waals surface area contributed by atoms with Crippen LogP contribution in [0.15, 0.2) is 87.3 Å². The lowest BCUT2D eigenvalue weighted by atomic mass is 9.68. The van der Waals surface area contributed by atoms with Crippen LogP contribution in [-0.4, -0.2) is 16.6 Å². The largest absolute Gasteiger partial charge is 0.507 e. The summed E-state index contributed by atoms with van der Waals surface area (Å²) < 4.78 is 0. The van der Waals surface area contributed by atoms with Crippen molar-refractivity contribution >= 4 is 22.9 Å². The first-order valence-electron chi connectivity index (χ1n) is 12.9. The van der Waals surface area contributed by atoms with Crippen molar-refractivity contribution in [3.05, 3.63) is 93.4 Å². The molecule has 1 saturated carbocycles. The lowest BCUT2D eigenvalue weighted by molar-refractivity contribution is -0.114. The van der Waals surface area contributed by atoms with Crippen LogP contribution in [0, 0.1) is 0 Å². The number of hydrogen-bond donors (Lipinski definition) is 2. The summed E-state index contributed by atoms with van der Waals surface area (Å²) in [4.78, 5) is 18.6. The maximum absolute atomic E-state index is 13.5. The third kappa shape index (κ3) is 2.68. The summed E-state index contributed by atoms with van der Waals surface area (Å²) in [6.45, 7) is 4.54. The molecule has 1 fully saturated rings. The fourth-order valence-electron chi connectivity index (χ4n) is 7.41. The standard InChI is InChI=1S/C31H30N2O2/c1-30-15-7-9-18(28(30)32-23-13-5-3-11-21(23)30)20-17-25(34)26(27(20)35)19-10-8-16-31(2)22-12-4-6-14-24(22)33-29(19)31/h3-6,11-14,33,35H,7-10,15-17H2,1-2H3/b20-18-. The number of aliphatic hydroxyl groups excluding tert-OH is 1. The number of carbonyl (C=O) groups is 1. The van der Waals surface area contributed by atoms with Gasteiger partial charge >= 0.3 is 0 Å². The number of anilines is 1. The number of fused-ring (bicyclic) bond motifs is 6. The molecule has 35 heavy (non-hydrogen) atoms. The molecule has 2 aromatic carbocycles. The first kappa shape index (κ1) is 20.9. The van der Waals surface area contributed by atoms with E-state index in [2.05, 4.69) is 55.6 Å². The number of ketones is 1. The van der Waals surface area contributed by atoms with Gasteiger partial charge in [-0.1, -0.05) is 36.4 Å². The highest BCUT2D eigenvalue weighted by Gasteiger charge is 2.47. The van der Waals surface area contributed by atoms with Crippen LogP contribution >= 0.6 is 0 Å². The zero-order valence-corrected chi connectivity index (χ0v) is 20.4. The molecule has 0 saturated heterocycles. The van der Waals surface area contributed by atoms with E-state index in [4.69, 9.17) is 4.99 Å². The Kier molecular flexibility index (Phi) is 4.23. The molecular weight excluding hydrogens is 432 g/mol. The normalized spacial score (nSPS) is 31.1. The van der Waals surface area contributed by atoms with Crippen molar-refractivity contribution in [3.8, 4) is 0 Å². The van der Waals surface area contributed by atoms with Crippen LogP contribution in [-0.2, 0) is 15.6 Å². The monoisotopic (exact) mass is 462 g/mol. The lowest BCUT2D eigenvalue weighted by Gasteiger charge is -2.34. The number of benzene rings is 2. The average molecular weight is 463 g/mol. The van der Waals surface area contributed by atoms with Gasteiger partial charge in [0.2, 0.25) is 0 Å². The Morgan fingerprint density at radius 3 is 2.37 bits per heavy atom. The molecule has 3 aliphatic carbocycles. The summed E-state index contributed by atoms with van der Waals surface area (Å²) in [5, 5.41) is 15.3. The van der Waals surface area contributed by atoms with E-state index < -0.39 is 0 Å². The maximum atomic E-state index is 13.5. The Bertz CT molecular complexity index is 1460. The number of nitrogens with zero attached hydrogens (tertiary/aromatic N) is 1. The quantitative estimate of drug-likeness (QED) is 0.474. The molecule has 2 atom stereocenters. The van der Waals surface area contributed by atoms with Gasteiger partial charge in [0.25, 0.3) is 0 Å². The van der Waals surface area contributed by atoms with E-state index >= 15 is 0 Å². The Morgan fingerprint density at radius 2 is 1.54 bits per heavy atom. The number of carbonyl (C=O) groups excluding carboxylic acids is 1. The molecule has 2 aliphatic heterocycles. The zero-order valence-electron chi connectivity index (χ0n) is 20.4. The highest BCUT2D eigenvalue weighted by Crippen LogP contribution is 2.54. The molecule has 0 amide bonds. The van der Waals surface area contributed by atoms with E-state index in [1.807, 2.05) is 12.1 Å². The van der Waals surface area contributed by atoms with Gasteiger partial charge in [-0.15, -0.1) is 0 Å². The molecule has 5 aliphatic rings. The van der Waals surface area contributed by atoms with Crippen LogP contribution in [0.4, 0.5) is 11.4 Å². The fraction of sp³-hybridized carbons (Fsp3) is 0.355. The van der Waals surface area contributed by atoms with E-state index in [0.29, 0.717) is 5.57 Å². The second-order valence-corrected chi connectivity index (χ2v) is 11.2. The molecule has 2 N–H and O–H groups in total. The minimum absolute atomic E-state index is 0.0397. The molecule has 2 heterocycles. The Morgan fingerprint density at radius 1 is 0.857 bits per heavy atom. The van der Waals surface area contributed by atoms with Crippen molar-refractivity contribution in [1.82, 2.24) is 0 Å². The summed E-state index contributed by atoms with van der Waals surface area (Å²) in [7, 11) is 0. The van der Waals surface area contributed by atoms with E-state index in [0.717, 1.165) is 78.0 Å². The van der Waals surface area contributed by atoms with Crippen LogP contribution in [0.3, 0.4) is 0 Å². The molecule has 7 rings (SSSR count). The molecule has 4 nitrogen and oxygen atoms in total. The Balaban J connectivity index is 1.38. The molecule has 4 heteroatoms. The minimum atomic E-state index is -0.150. The van der Waals surface area contributed by atoms with Gasteiger partial charge in [-0.05, 0) is 86.8 Å². The molecule has 0 bridgehead atoms. The smallest absolute Gasteiger partial charge is 0.171 e. The van der Waals surface area contributed by atoms with Crippen molar-refractivity contribution in [1.29, 1.82) is 0 Å². The third-order valence-corrected chi connectivity index (χ3v) is 9.19. The molecule has 2 aromatic rings. The van der Waals surface area contributed by atoms with Crippen molar-refractivity contribution in [2.45, 2.75) is 69.6 Å². The first-order chi connectivity index (χ1) is 16.9. The maximum Gasteiger partial charge on any atom is 0.171 e. The van der Waals surface area contributed by atoms with Gasteiger partial charge in [0.15, 0.2) is 5.78 Å². The Hall–Kier alpha value is -3.40. The topological polar surface area (TPSA) is 61.7 Å². The molecular formula is C31H30N2O2. The van der Waals surface area contributed by atoms with Crippen molar-refractivity contribution < 1.29 is 9.90 Å². The van der Waals surface area contributed by atoms with Crippen LogP contribution in [0.2, 0.25) is 0 Å². The summed E-state index contributed by atoms with van der Waals surface area (Å²) in [6, 6.07) is 16.8. The second kappa shape index (κ2) is 7.07. The summed E-state index contributed by atoms with van der Waals surface area (Å²) in [5.41, 5.74) is 10.00. The van der Waals surface area contributed by atoms with Crippen LogP contribution in [0.25, 0.3) is 0 Å². The van der Waals surface area contributed by atoms with Crippen molar-refractivity contribution in [2.75, 3.05) is 5.32 Å².